The third kappa shape index (κ3) is 11.4. The van der Waals surface area contributed by atoms with Gasteiger partial charge in [-0.05, 0) is 24.5 Å². The summed E-state index contributed by atoms with van der Waals surface area (Å²) >= 11 is 0. The van der Waals surface area contributed by atoms with Crippen LogP contribution < -0.4 is 16.4 Å². The maximum absolute atomic E-state index is 11.2. The molecule has 31 heavy (non-hydrogen) atoms. The number of nitrogens with two attached hydrogens (primary N) is 2. The monoisotopic (exact) mass is 428 g/mol. The standard InChI is InChI=1S/C11H14N2O2.C11H16N2O.C2H6/c1-2-8-15-13-10(11(12)14)9-6-4-3-5-7-9;1-9(2)8-13(11(12)14)10-6-4-3-5-7-10;1-2/h3-7H,2,8H2,1H3,(H2,12,14);3-7,9H,8H2,1-2H3,(H2,12,14);1-2H3/b13-10+;;. The van der Waals surface area contributed by atoms with E-state index in [1.54, 1.807) is 17.0 Å². The molecule has 0 heterocycles. The quantitative estimate of drug-likeness (QED) is 0.365. The molecule has 7 nitrogen and oxygen atoms in total. The molecule has 0 bridgehead atoms. The van der Waals surface area contributed by atoms with Crippen molar-refractivity contribution in [1.29, 1.82) is 0 Å². The summed E-state index contributed by atoms with van der Waals surface area (Å²) in [7, 11) is 0. The molecule has 0 aromatic heterocycles. The van der Waals surface area contributed by atoms with E-state index >= 15 is 0 Å². The number of para-hydroxylation sites is 1. The summed E-state index contributed by atoms with van der Waals surface area (Å²) < 4.78 is 0. The summed E-state index contributed by atoms with van der Waals surface area (Å²) in [6.07, 6.45) is 0.838. The molecule has 170 valence electrons. The van der Waals surface area contributed by atoms with Gasteiger partial charge in [0, 0.05) is 17.8 Å². The third-order valence-electron chi connectivity index (χ3n) is 3.61. The van der Waals surface area contributed by atoms with Crippen molar-refractivity contribution in [2.24, 2.45) is 22.5 Å². The van der Waals surface area contributed by atoms with Crippen LogP contribution in [0.25, 0.3) is 0 Å². The molecule has 0 aliphatic carbocycles. The molecule has 2 aromatic carbocycles. The molecule has 0 spiro atoms. The van der Waals surface area contributed by atoms with Gasteiger partial charge in [0.15, 0.2) is 5.71 Å². The molecule has 0 aliphatic heterocycles. The Labute approximate surface area is 186 Å². The lowest BCUT2D eigenvalue weighted by Gasteiger charge is -2.22. The van der Waals surface area contributed by atoms with E-state index in [-0.39, 0.29) is 5.71 Å². The first-order chi connectivity index (χ1) is 14.9. The van der Waals surface area contributed by atoms with Gasteiger partial charge in [0.1, 0.15) is 6.61 Å². The Kier molecular flexibility index (Phi) is 14.7. The zero-order valence-corrected chi connectivity index (χ0v) is 19.2. The van der Waals surface area contributed by atoms with E-state index in [0.29, 0.717) is 24.6 Å². The largest absolute Gasteiger partial charge is 0.395 e. The number of benzene rings is 2. The molecule has 3 amide bonds. The Hall–Kier alpha value is -3.35. The van der Waals surface area contributed by atoms with E-state index < -0.39 is 11.9 Å². The summed E-state index contributed by atoms with van der Waals surface area (Å²) in [5.74, 6) is -0.181. The Morgan fingerprint density at radius 3 is 1.90 bits per heavy atom. The lowest BCUT2D eigenvalue weighted by Crippen LogP contribution is -2.38. The van der Waals surface area contributed by atoms with E-state index in [0.717, 1.165) is 12.1 Å². The van der Waals surface area contributed by atoms with Crippen LogP contribution in [-0.4, -0.2) is 30.8 Å². The Morgan fingerprint density at radius 2 is 1.48 bits per heavy atom. The molecule has 0 unspecified atom stereocenters. The molecule has 0 saturated heterocycles. The predicted octanol–water partition coefficient (Wildman–Crippen LogP) is 4.56. The number of carbonyl (C=O) groups excluding carboxylic acids is 2. The fraction of sp³-hybridized carbons (Fsp3) is 0.375. The zero-order chi connectivity index (χ0) is 23.6. The van der Waals surface area contributed by atoms with Crippen LogP contribution in [0.15, 0.2) is 65.8 Å². The van der Waals surface area contributed by atoms with Crippen LogP contribution in [0, 0.1) is 5.92 Å². The van der Waals surface area contributed by atoms with Crippen molar-refractivity contribution >= 4 is 23.3 Å². The maximum atomic E-state index is 11.2. The van der Waals surface area contributed by atoms with Crippen molar-refractivity contribution < 1.29 is 14.4 Å². The van der Waals surface area contributed by atoms with Crippen LogP contribution in [0.3, 0.4) is 0 Å². The normalized spacial score (nSPS) is 10.2. The summed E-state index contributed by atoms with van der Waals surface area (Å²) in [5, 5.41) is 3.73. The summed E-state index contributed by atoms with van der Waals surface area (Å²) in [5.41, 5.74) is 12.2. The van der Waals surface area contributed by atoms with Gasteiger partial charge in [0.05, 0.1) is 0 Å². The topological polar surface area (TPSA) is 111 Å². The number of anilines is 1. The highest BCUT2D eigenvalue weighted by Gasteiger charge is 2.13. The third-order valence-corrected chi connectivity index (χ3v) is 3.61. The molecular formula is C24H36N4O3. The number of nitrogens with zero attached hydrogens (tertiary/aromatic N) is 2. The second-order valence-electron chi connectivity index (χ2n) is 6.68. The number of primary amides is 2. The number of urea groups is 1. The number of hydrogen-bond donors (Lipinski definition) is 2. The fourth-order valence-corrected chi connectivity index (χ4v) is 2.33. The SMILES string of the molecule is CC.CC(C)CN(C(N)=O)c1ccccc1.CCCO/N=C(/C(N)=O)c1ccccc1. The lowest BCUT2D eigenvalue weighted by atomic mass is 10.1. The zero-order valence-electron chi connectivity index (χ0n) is 19.2. The van der Waals surface area contributed by atoms with Crippen LogP contribution in [0.1, 0.15) is 46.6 Å². The molecule has 0 radical (unpaired) electrons. The van der Waals surface area contributed by atoms with Gasteiger partial charge in [0.2, 0.25) is 0 Å². The average Bonchev–Trinajstić information content (AvgIpc) is 2.77. The van der Waals surface area contributed by atoms with Crippen LogP contribution in [0.2, 0.25) is 0 Å². The van der Waals surface area contributed by atoms with Crippen molar-refractivity contribution in [2.45, 2.75) is 41.0 Å². The molecular weight excluding hydrogens is 392 g/mol. The first-order valence-electron chi connectivity index (χ1n) is 10.5. The first-order valence-corrected chi connectivity index (χ1v) is 10.5. The number of hydrogen-bond acceptors (Lipinski definition) is 4. The second kappa shape index (κ2) is 16.4. The summed E-state index contributed by atoms with van der Waals surface area (Å²) in [6, 6.07) is 18.1. The van der Waals surface area contributed by atoms with Crippen molar-refractivity contribution in [1.82, 2.24) is 0 Å². The highest BCUT2D eigenvalue weighted by atomic mass is 16.6. The second-order valence-corrected chi connectivity index (χ2v) is 6.68. The summed E-state index contributed by atoms with van der Waals surface area (Å²) in [6.45, 7) is 11.2. The van der Waals surface area contributed by atoms with Gasteiger partial charge in [-0.25, -0.2) is 4.79 Å². The van der Waals surface area contributed by atoms with E-state index in [4.69, 9.17) is 16.3 Å². The van der Waals surface area contributed by atoms with Gasteiger partial charge >= 0.3 is 6.03 Å². The number of rotatable bonds is 8. The minimum absolute atomic E-state index is 0.157. The number of carbonyl (C=O) groups is 2. The predicted molar refractivity (Wildman–Crippen MR) is 128 cm³/mol. The van der Waals surface area contributed by atoms with Gasteiger partial charge in [0.25, 0.3) is 5.91 Å². The summed E-state index contributed by atoms with van der Waals surface area (Å²) in [4.78, 5) is 28.8. The molecule has 0 atom stereocenters. The van der Waals surface area contributed by atoms with Gasteiger partial charge in [-0.15, -0.1) is 0 Å². The highest BCUT2D eigenvalue weighted by Crippen LogP contribution is 2.14. The molecule has 4 N–H and O–H groups in total. The Morgan fingerprint density at radius 1 is 0.968 bits per heavy atom. The van der Waals surface area contributed by atoms with E-state index in [1.165, 1.54) is 0 Å². The maximum Gasteiger partial charge on any atom is 0.319 e. The minimum Gasteiger partial charge on any atom is -0.395 e. The smallest absolute Gasteiger partial charge is 0.319 e. The van der Waals surface area contributed by atoms with Crippen LogP contribution in [-0.2, 0) is 9.63 Å². The van der Waals surface area contributed by atoms with Crippen molar-refractivity contribution in [2.75, 3.05) is 18.1 Å². The van der Waals surface area contributed by atoms with Crippen molar-refractivity contribution in [3.8, 4) is 0 Å². The minimum atomic E-state index is -0.586. The number of oxime groups is 1. The Bertz CT molecular complexity index is 778. The molecule has 7 heteroatoms. The highest BCUT2D eigenvalue weighted by molar-refractivity contribution is 6.44. The molecule has 0 fully saturated rings. The van der Waals surface area contributed by atoms with Gasteiger partial charge < -0.3 is 16.3 Å². The van der Waals surface area contributed by atoms with Gasteiger partial charge in [-0.2, -0.15) is 0 Å². The number of amides is 3. The van der Waals surface area contributed by atoms with Crippen molar-refractivity contribution in [3.63, 3.8) is 0 Å². The molecule has 2 aromatic rings. The molecule has 0 saturated carbocycles. The van der Waals surface area contributed by atoms with Crippen LogP contribution in [0.4, 0.5) is 10.5 Å². The molecule has 0 aliphatic rings. The van der Waals surface area contributed by atoms with Gasteiger partial charge in [-0.1, -0.05) is 88.3 Å². The van der Waals surface area contributed by atoms with E-state index in [9.17, 15) is 9.59 Å². The van der Waals surface area contributed by atoms with Crippen molar-refractivity contribution in [3.05, 3.63) is 66.2 Å². The lowest BCUT2D eigenvalue weighted by molar-refractivity contribution is -0.112. The van der Waals surface area contributed by atoms with Crippen LogP contribution >= 0.6 is 0 Å². The molecule has 2 rings (SSSR count). The fourth-order valence-electron chi connectivity index (χ4n) is 2.33. The van der Waals surface area contributed by atoms with E-state index in [2.05, 4.69) is 19.0 Å². The van der Waals surface area contributed by atoms with Crippen LogP contribution in [0.5, 0.6) is 0 Å². The Balaban J connectivity index is 0.000000539. The first kappa shape index (κ1) is 27.7. The van der Waals surface area contributed by atoms with Gasteiger partial charge in [-0.3, -0.25) is 9.69 Å². The van der Waals surface area contributed by atoms with E-state index in [1.807, 2.05) is 69.3 Å². The average molecular weight is 429 g/mol.